The van der Waals surface area contributed by atoms with Gasteiger partial charge in [0.25, 0.3) is 0 Å². The van der Waals surface area contributed by atoms with Gasteiger partial charge >= 0.3 is 0 Å². The summed E-state index contributed by atoms with van der Waals surface area (Å²) in [5.74, 6) is 0.422. The van der Waals surface area contributed by atoms with E-state index in [9.17, 15) is 15.2 Å². The van der Waals surface area contributed by atoms with E-state index in [2.05, 4.69) is 42.5 Å². The molecule has 2 aromatic heterocycles. The molecule has 1 amide bonds. The number of thiophene rings is 1. The van der Waals surface area contributed by atoms with Crippen molar-refractivity contribution >= 4 is 49.9 Å². The maximum absolute atomic E-state index is 12.4. The lowest BCUT2D eigenvalue weighted by Crippen LogP contribution is -2.14. The Morgan fingerprint density at radius 1 is 1.41 bits per heavy atom. The van der Waals surface area contributed by atoms with Crippen molar-refractivity contribution in [2.24, 2.45) is 0 Å². The number of hydrogen-bond donors (Lipinski definition) is 3. The molecule has 0 aliphatic heterocycles. The number of anilines is 1. The second kappa shape index (κ2) is 8.57. The Hall–Kier alpha value is -2.35. The number of aromatic amines is 1. The number of nitrogens with zero attached hydrogens (tertiary/aromatic N) is 3. The third-order valence-electron chi connectivity index (χ3n) is 4.55. The number of H-pyrrole nitrogens is 1. The number of aryl methyl sites for hydroxylation is 1. The van der Waals surface area contributed by atoms with Crippen LogP contribution in [-0.2, 0) is 17.6 Å². The number of phenolic OH excluding ortho intramolecular Hbond substituents is 1. The molecular weight excluding hydrogens is 474 g/mol. The topological polar surface area (TPSA) is 115 Å². The van der Waals surface area contributed by atoms with Gasteiger partial charge in [0.2, 0.25) is 11.1 Å². The fraction of sp³-hybridized carbons (Fsp3) is 0.263. The minimum atomic E-state index is -0.207. The first-order valence-corrected chi connectivity index (χ1v) is 11.5. The number of phenols is 1. The van der Waals surface area contributed by atoms with Gasteiger partial charge in [-0.05, 0) is 49.4 Å². The minimum Gasteiger partial charge on any atom is -0.507 e. The number of thioether (sulfide) groups is 1. The third kappa shape index (κ3) is 4.32. The van der Waals surface area contributed by atoms with Crippen LogP contribution in [0.15, 0.2) is 27.8 Å². The van der Waals surface area contributed by atoms with Crippen LogP contribution in [0.1, 0.15) is 28.8 Å². The fourth-order valence-electron chi connectivity index (χ4n) is 3.19. The first-order chi connectivity index (χ1) is 14.0. The molecule has 3 N–H and O–H groups in total. The van der Waals surface area contributed by atoms with Crippen molar-refractivity contribution in [3.63, 3.8) is 0 Å². The van der Waals surface area contributed by atoms with Crippen molar-refractivity contribution < 1.29 is 9.90 Å². The summed E-state index contributed by atoms with van der Waals surface area (Å²) in [6.45, 7) is 0. The Balaban J connectivity index is 1.41. The van der Waals surface area contributed by atoms with Crippen LogP contribution in [0, 0.1) is 11.3 Å². The van der Waals surface area contributed by atoms with E-state index in [-0.39, 0.29) is 17.4 Å². The van der Waals surface area contributed by atoms with E-state index in [1.54, 1.807) is 18.2 Å². The number of hydrogen-bond acceptors (Lipinski definition) is 7. The quantitative estimate of drug-likeness (QED) is 0.455. The highest BCUT2D eigenvalue weighted by atomic mass is 79.9. The maximum Gasteiger partial charge on any atom is 0.235 e. The number of carbonyl (C=O) groups is 1. The Kier molecular flexibility index (Phi) is 5.89. The molecule has 0 atom stereocenters. The maximum atomic E-state index is 12.4. The molecule has 0 bridgehead atoms. The van der Waals surface area contributed by atoms with E-state index in [1.807, 2.05) is 0 Å². The average Bonchev–Trinajstić information content (AvgIpc) is 3.32. The van der Waals surface area contributed by atoms with Gasteiger partial charge in [0.15, 0.2) is 5.82 Å². The van der Waals surface area contributed by atoms with Gasteiger partial charge in [0.05, 0.1) is 16.9 Å². The van der Waals surface area contributed by atoms with Gasteiger partial charge in [-0.3, -0.25) is 9.89 Å². The van der Waals surface area contributed by atoms with Crippen LogP contribution in [0.4, 0.5) is 5.00 Å². The van der Waals surface area contributed by atoms with Gasteiger partial charge in [0, 0.05) is 9.35 Å². The normalized spacial score (nSPS) is 13.0. The number of rotatable bonds is 5. The van der Waals surface area contributed by atoms with Gasteiger partial charge in [-0.2, -0.15) is 5.26 Å². The Morgan fingerprint density at radius 2 is 2.24 bits per heavy atom. The lowest BCUT2D eigenvalue weighted by Gasteiger charge is -2.09. The number of carbonyl (C=O) groups excluding carboxylic acids is 1. The van der Waals surface area contributed by atoms with Gasteiger partial charge in [-0.1, -0.05) is 27.7 Å². The standard InChI is InChI=1S/C19H16BrN5O2S2/c20-10-5-6-14(26)12(7-10)17-23-19(25-24-17)28-9-16(27)22-18-13(8-21)11-3-1-2-4-15(11)29-18/h5-7,26H,1-4,9H2,(H,22,27)(H,23,24,25). The molecule has 2 heterocycles. The van der Waals surface area contributed by atoms with Crippen molar-refractivity contribution in [2.75, 3.05) is 11.1 Å². The average molecular weight is 490 g/mol. The highest BCUT2D eigenvalue weighted by molar-refractivity contribution is 9.10. The van der Waals surface area contributed by atoms with Crippen LogP contribution in [0.3, 0.4) is 0 Å². The number of amides is 1. The number of nitrogens with one attached hydrogen (secondary N) is 2. The van der Waals surface area contributed by atoms with Crippen LogP contribution < -0.4 is 5.32 Å². The second-order valence-electron chi connectivity index (χ2n) is 6.49. The summed E-state index contributed by atoms with van der Waals surface area (Å²) in [5.41, 5.74) is 2.22. The summed E-state index contributed by atoms with van der Waals surface area (Å²) in [5, 5.41) is 30.3. The number of aromatic nitrogens is 3. The third-order valence-corrected chi connectivity index (χ3v) is 7.09. The number of aromatic hydroxyl groups is 1. The van der Waals surface area contributed by atoms with Gasteiger partial charge in [-0.15, -0.1) is 16.4 Å². The van der Waals surface area contributed by atoms with Gasteiger partial charge in [0.1, 0.15) is 16.8 Å². The predicted molar refractivity (Wildman–Crippen MR) is 116 cm³/mol. The molecule has 7 nitrogen and oxygen atoms in total. The lowest BCUT2D eigenvalue weighted by molar-refractivity contribution is -0.113. The molecule has 10 heteroatoms. The van der Waals surface area contributed by atoms with Gasteiger partial charge < -0.3 is 10.4 Å². The highest BCUT2D eigenvalue weighted by Crippen LogP contribution is 2.37. The molecule has 29 heavy (non-hydrogen) atoms. The zero-order valence-corrected chi connectivity index (χ0v) is 18.4. The summed E-state index contributed by atoms with van der Waals surface area (Å²) >= 11 is 6.05. The van der Waals surface area contributed by atoms with Crippen molar-refractivity contribution in [1.82, 2.24) is 15.2 Å². The van der Waals surface area contributed by atoms with E-state index in [1.165, 1.54) is 28.0 Å². The van der Waals surface area contributed by atoms with E-state index >= 15 is 0 Å². The van der Waals surface area contributed by atoms with E-state index in [4.69, 9.17) is 0 Å². The molecule has 148 valence electrons. The number of fused-ring (bicyclic) bond motifs is 1. The first kappa shape index (κ1) is 19.9. The monoisotopic (exact) mass is 489 g/mol. The molecule has 0 spiro atoms. The minimum absolute atomic E-state index is 0.0874. The lowest BCUT2D eigenvalue weighted by atomic mass is 9.96. The van der Waals surface area contributed by atoms with Crippen molar-refractivity contribution in [3.8, 4) is 23.2 Å². The van der Waals surface area contributed by atoms with Crippen LogP contribution in [-0.4, -0.2) is 31.9 Å². The summed E-state index contributed by atoms with van der Waals surface area (Å²) in [4.78, 5) is 17.9. The van der Waals surface area contributed by atoms with Crippen molar-refractivity contribution in [1.29, 1.82) is 5.26 Å². The number of nitriles is 1. The molecule has 3 aromatic rings. The van der Waals surface area contributed by atoms with Crippen molar-refractivity contribution in [2.45, 2.75) is 30.8 Å². The largest absolute Gasteiger partial charge is 0.507 e. The smallest absolute Gasteiger partial charge is 0.235 e. The molecule has 4 rings (SSSR count). The molecule has 0 saturated carbocycles. The van der Waals surface area contributed by atoms with E-state index < -0.39 is 0 Å². The van der Waals surface area contributed by atoms with Crippen molar-refractivity contribution in [3.05, 3.63) is 38.7 Å². The molecular formula is C19H16BrN5O2S2. The Labute approximate surface area is 183 Å². The molecule has 1 aromatic carbocycles. The predicted octanol–water partition coefficient (Wildman–Crippen LogP) is 4.48. The molecule has 0 fully saturated rings. The van der Waals surface area contributed by atoms with Crippen LogP contribution in [0.5, 0.6) is 5.75 Å². The summed E-state index contributed by atoms with van der Waals surface area (Å²) in [6, 6.07) is 7.28. The van der Waals surface area contributed by atoms with Crippen LogP contribution >= 0.6 is 39.0 Å². The molecule has 1 aliphatic carbocycles. The number of halogens is 1. The Morgan fingerprint density at radius 3 is 3.07 bits per heavy atom. The second-order valence-corrected chi connectivity index (χ2v) is 9.46. The highest BCUT2D eigenvalue weighted by Gasteiger charge is 2.22. The summed E-state index contributed by atoms with van der Waals surface area (Å²) in [6.07, 6.45) is 4.09. The molecule has 0 saturated heterocycles. The number of benzene rings is 1. The zero-order chi connectivity index (χ0) is 20.4. The van der Waals surface area contributed by atoms with E-state index in [0.717, 1.165) is 35.7 Å². The Bertz CT molecular complexity index is 1120. The SMILES string of the molecule is N#Cc1c(NC(=O)CSc2n[nH]c(-c3cc(Br)ccc3O)n2)sc2c1CCCC2. The van der Waals surface area contributed by atoms with Crippen LogP contribution in [0.25, 0.3) is 11.4 Å². The fourth-order valence-corrected chi connectivity index (χ4v) is 5.41. The zero-order valence-electron chi connectivity index (χ0n) is 15.2. The van der Waals surface area contributed by atoms with Crippen LogP contribution in [0.2, 0.25) is 0 Å². The van der Waals surface area contributed by atoms with E-state index in [0.29, 0.717) is 27.1 Å². The molecule has 0 unspecified atom stereocenters. The van der Waals surface area contributed by atoms with Gasteiger partial charge in [-0.25, -0.2) is 4.98 Å². The molecule has 1 aliphatic rings. The first-order valence-electron chi connectivity index (χ1n) is 8.93. The summed E-state index contributed by atoms with van der Waals surface area (Å²) < 4.78 is 0.808. The summed E-state index contributed by atoms with van der Waals surface area (Å²) in [7, 11) is 0. The molecule has 0 radical (unpaired) electrons.